The third-order valence-electron chi connectivity index (χ3n) is 1.73. The van der Waals surface area contributed by atoms with Crippen molar-refractivity contribution in [3.8, 4) is 0 Å². The molecular formula is C10H10BrFO. The van der Waals surface area contributed by atoms with Gasteiger partial charge >= 0.3 is 0 Å². The van der Waals surface area contributed by atoms with Gasteiger partial charge in [-0.25, -0.2) is 4.39 Å². The summed E-state index contributed by atoms with van der Waals surface area (Å²) >= 11 is 3.28. The van der Waals surface area contributed by atoms with Crippen LogP contribution in [0.15, 0.2) is 35.3 Å². The Labute approximate surface area is 85.0 Å². The van der Waals surface area contributed by atoms with Gasteiger partial charge in [-0.1, -0.05) is 34.6 Å². The van der Waals surface area contributed by atoms with Crippen molar-refractivity contribution in [2.24, 2.45) is 0 Å². The molecule has 0 aliphatic heterocycles. The van der Waals surface area contributed by atoms with Crippen LogP contribution in [0.4, 0.5) is 4.39 Å². The zero-order chi connectivity index (χ0) is 9.84. The van der Waals surface area contributed by atoms with E-state index in [4.69, 9.17) is 5.11 Å². The van der Waals surface area contributed by atoms with Gasteiger partial charge in [0.25, 0.3) is 0 Å². The Morgan fingerprint density at radius 3 is 2.85 bits per heavy atom. The van der Waals surface area contributed by atoms with Gasteiger partial charge in [0.2, 0.25) is 0 Å². The zero-order valence-electron chi connectivity index (χ0n) is 7.00. The van der Waals surface area contributed by atoms with Gasteiger partial charge in [-0.3, -0.25) is 0 Å². The summed E-state index contributed by atoms with van der Waals surface area (Å²) in [6.45, 7) is 3.06. The monoisotopic (exact) mass is 244 g/mol. The van der Waals surface area contributed by atoms with Crippen molar-refractivity contribution in [3.05, 3.63) is 40.9 Å². The van der Waals surface area contributed by atoms with Crippen LogP contribution in [0.25, 0.3) is 5.57 Å². The van der Waals surface area contributed by atoms with E-state index in [0.29, 0.717) is 11.1 Å². The highest BCUT2D eigenvalue weighted by molar-refractivity contribution is 9.10. The molecule has 1 aromatic rings. The van der Waals surface area contributed by atoms with E-state index in [1.807, 2.05) is 6.07 Å². The predicted octanol–water partition coefficient (Wildman–Crippen LogP) is 2.79. The molecule has 1 atom stereocenters. The van der Waals surface area contributed by atoms with Gasteiger partial charge in [-0.2, -0.15) is 0 Å². The standard InChI is InChI=1S/C10H10BrFO/c1-7(10(12)6-13)8-3-2-4-9(11)5-8/h2-5,10,13H,1,6H2/t10-/m0/s1. The number of alkyl halides is 1. The van der Waals surface area contributed by atoms with Crippen molar-refractivity contribution in [3.63, 3.8) is 0 Å². The quantitative estimate of drug-likeness (QED) is 0.868. The molecule has 3 heteroatoms. The molecule has 0 unspecified atom stereocenters. The average Bonchev–Trinajstić information content (AvgIpc) is 2.15. The molecule has 1 N–H and O–H groups in total. The molecule has 1 aromatic carbocycles. The molecule has 1 nitrogen and oxygen atoms in total. The predicted molar refractivity (Wildman–Crippen MR) is 55.2 cm³/mol. The van der Waals surface area contributed by atoms with E-state index in [1.165, 1.54) is 0 Å². The summed E-state index contributed by atoms with van der Waals surface area (Å²) in [5.74, 6) is 0. The van der Waals surface area contributed by atoms with Crippen molar-refractivity contribution in [2.45, 2.75) is 6.17 Å². The first-order valence-electron chi connectivity index (χ1n) is 3.85. The van der Waals surface area contributed by atoms with E-state index < -0.39 is 12.8 Å². The molecule has 0 aromatic heterocycles. The molecule has 13 heavy (non-hydrogen) atoms. The van der Waals surface area contributed by atoms with Crippen LogP contribution < -0.4 is 0 Å². The maximum atomic E-state index is 13.0. The summed E-state index contributed by atoms with van der Waals surface area (Å²) in [4.78, 5) is 0. The second kappa shape index (κ2) is 4.53. The molecule has 70 valence electrons. The Kier molecular flexibility index (Phi) is 3.63. The lowest BCUT2D eigenvalue weighted by Crippen LogP contribution is -2.07. The molecule has 0 aliphatic carbocycles. The zero-order valence-corrected chi connectivity index (χ0v) is 8.59. The molecule has 0 aliphatic rings. The first kappa shape index (κ1) is 10.4. The molecule has 1 rings (SSSR count). The second-order valence-electron chi connectivity index (χ2n) is 2.69. The van der Waals surface area contributed by atoms with Crippen molar-refractivity contribution in [1.82, 2.24) is 0 Å². The molecule has 0 spiro atoms. The second-order valence-corrected chi connectivity index (χ2v) is 3.60. The number of rotatable bonds is 3. The Balaban J connectivity index is 2.89. The molecule has 0 heterocycles. The molecule has 0 radical (unpaired) electrons. The van der Waals surface area contributed by atoms with E-state index in [9.17, 15) is 4.39 Å². The van der Waals surface area contributed by atoms with E-state index in [-0.39, 0.29) is 0 Å². The van der Waals surface area contributed by atoms with Crippen LogP contribution in [0, 0.1) is 0 Å². The molecule has 0 amide bonds. The Hall–Kier alpha value is -0.670. The van der Waals surface area contributed by atoms with Crippen LogP contribution >= 0.6 is 15.9 Å². The van der Waals surface area contributed by atoms with Crippen molar-refractivity contribution in [2.75, 3.05) is 6.61 Å². The van der Waals surface area contributed by atoms with Gasteiger partial charge in [0.1, 0.15) is 6.17 Å². The highest BCUT2D eigenvalue weighted by atomic mass is 79.9. The topological polar surface area (TPSA) is 20.2 Å². The molecule has 0 saturated heterocycles. The van der Waals surface area contributed by atoms with Gasteiger partial charge in [0, 0.05) is 4.47 Å². The minimum atomic E-state index is -1.38. The Bertz CT molecular complexity index is 312. The Morgan fingerprint density at radius 1 is 1.62 bits per heavy atom. The fraction of sp³-hybridized carbons (Fsp3) is 0.200. The van der Waals surface area contributed by atoms with Gasteiger partial charge in [-0.15, -0.1) is 0 Å². The van der Waals surface area contributed by atoms with E-state index in [1.54, 1.807) is 18.2 Å². The Morgan fingerprint density at radius 2 is 2.31 bits per heavy atom. The molecule has 0 bridgehead atoms. The summed E-state index contributed by atoms with van der Waals surface area (Å²) < 4.78 is 13.8. The van der Waals surface area contributed by atoms with Crippen LogP contribution in [0.2, 0.25) is 0 Å². The summed E-state index contributed by atoms with van der Waals surface area (Å²) in [6.07, 6.45) is -1.38. The number of halogens is 2. The van der Waals surface area contributed by atoms with Gasteiger partial charge in [-0.05, 0) is 23.3 Å². The fourth-order valence-corrected chi connectivity index (χ4v) is 1.38. The number of hydrogen-bond donors (Lipinski definition) is 1. The summed E-state index contributed by atoms with van der Waals surface area (Å²) in [6, 6.07) is 7.18. The highest BCUT2D eigenvalue weighted by Crippen LogP contribution is 2.21. The minimum absolute atomic E-state index is 0.309. The average molecular weight is 245 g/mol. The lowest BCUT2D eigenvalue weighted by Gasteiger charge is -2.08. The van der Waals surface area contributed by atoms with E-state index in [2.05, 4.69) is 22.5 Å². The lowest BCUT2D eigenvalue weighted by molar-refractivity contribution is 0.215. The number of aliphatic hydroxyl groups excluding tert-OH is 1. The maximum absolute atomic E-state index is 13.0. The van der Waals surface area contributed by atoms with Crippen molar-refractivity contribution >= 4 is 21.5 Å². The fourth-order valence-electron chi connectivity index (χ4n) is 0.979. The summed E-state index contributed by atoms with van der Waals surface area (Å²) in [7, 11) is 0. The van der Waals surface area contributed by atoms with Gasteiger partial charge < -0.3 is 5.11 Å². The number of aliphatic hydroxyl groups is 1. The highest BCUT2D eigenvalue weighted by Gasteiger charge is 2.11. The summed E-state index contributed by atoms with van der Waals surface area (Å²) in [5.41, 5.74) is 1.01. The van der Waals surface area contributed by atoms with Gasteiger partial charge in [0.05, 0.1) is 6.61 Å². The normalized spacial score (nSPS) is 12.5. The van der Waals surface area contributed by atoms with Crippen LogP contribution in [0.1, 0.15) is 5.56 Å². The number of hydrogen-bond acceptors (Lipinski definition) is 1. The van der Waals surface area contributed by atoms with Crippen molar-refractivity contribution < 1.29 is 9.50 Å². The third kappa shape index (κ3) is 2.64. The van der Waals surface area contributed by atoms with Crippen LogP contribution in [0.3, 0.4) is 0 Å². The smallest absolute Gasteiger partial charge is 0.148 e. The largest absolute Gasteiger partial charge is 0.393 e. The van der Waals surface area contributed by atoms with Crippen LogP contribution in [-0.4, -0.2) is 17.9 Å². The van der Waals surface area contributed by atoms with Crippen LogP contribution in [0.5, 0.6) is 0 Å². The molecule has 0 saturated carbocycles. The van der Waals surface area contributed by atoms with E-state index in [0.717, 1.165) is 4.47 Å². The third-order valence-corrected chi connectivity index (χ3v) is 2.23. The maximum Gasteiger partial charge on any atom is 0.148 e. The van der Waals surface area contributed by atoms with Crippen LogP contribution in [-0.2, 0) is 0 Å². The number of benzene rings is 1. The summed E-state index contributed by atoms with van der Waals surface area (Å²) in [5, 5.41) is 8.59. The SMILES string of the molecule is C=C(c1cccc(Br)c1)[C@@H](F)CO. The van der Waals surface area contributed by atoms with E-state index >= 15 is 0 Å². The minimum Gasteiger partial charge on any atom is -0.393 e. The lowest BCUT2D eigenvalue weighted by atomic mass is 10.0. The van der Waals surface area contributed by atoms with Gasteiger partial charge in [0.15, 0.2) is 0 Å². The first-order valence-corrected chi connectivity index (χ1v) is 4.64. The van der Waals surface area contributed by atoms with Crippen molar-refractivity contribution in [1.29, 1.82) is 0 Å². The first-order chi connectivity index (χ1) is 6.15. The molecule has 0 fully saturated rings. The molecular weight excluding hydrogens is 235 g/mol.